The molecule has 0 atom stereocenters. The lowest BCUT2D eigenvalue weighted by atomic mass is 10.1. The summed E-state index contributed by atoms with van der Waals surface area (Å²) in [5.74, 6) is 0.364. The Bertz CT molecular complexity index is 1070. The van der Waals surface area contributed by atoms with E-state index in [1.165, 1.54) is 0 Å². The van der Waals surface area contributed by atoms with Gasteiger partial charge in [-0.15, -0.1) is 16.8 Å². The van der Waals surface area contributed by atoms with E-state index in [9.17, 15) is 8.42 Å². The molecule has 1 fully saturated rings. The monoisotopic (exact) mass is 431 g/mol. The molecule has 0 unspecified atom stereocenters. The van der Waals surface area contributed by atoms with Crippen LogP contribution >= 0.6 is 24.0 Å². The maximum absolute atomic E-state index is 12.9. The summed E-state index contributed by atoms with van der Waals surface area (Å²) in [6.07, 6.45) is 2.82. The highest BCUT2D eigenvalue weighted by atomic mass is 35.5. The van der Waals surface area contributed by atoms with E-state index in [0.717, 1.165) is 18.4 Å². The molecule has 0 spiro atoms. The Morgan fingerprint density at radius 3 is 2.48 bits per heavy atom. The van der Waals surface area contributed by atoms with Crippen LogP contribution in [0.25, 0.3) is 0 Å². The highest BCUT2D eigenvalue weighted by Crippen LogP contribution is 2.20. The first kappa shape index (κ1) is 16.2. The molecule has 1 aliphatic rings. The third-order valence-electron chi connectivity index (χ3n) is 4.15. The molecule has 1 saturated heterocycles. The molecule has 8 heteroatoms. The summed E-state index contributed by atoms with van der Waals surface area (Å²) < 4.78 is 61.3. The zero-order valence-corrected chi connectivity index (χ0v) is 16.9. The first-order valence-corrected chi connectivity index (χ1v) is 10.1. The normalized spacial score (nSPS) is 18.3. The van der Waals surface area contributed by atoms with Crippen LogP contribution in [0.2, 0.25) is 5.02 Å². The summed E-state index contributed by atoms with van der Waals surface area (Å²) in [5.41, 5.74) is 7.44. The molecule has 5 nitrogen and oxygen atoms in total. The molecule has 0 radical (unpaired) electrons. The second-order valence-electron chi connectivity index (χ2n) is 6.06. The van der Waals surface area contributed by atoms with Crippen LogP contribution in [0.4, 0.5) is 5.69 Å². The van der Waals surface area contributed by atoms with Crippen LogP contribution in [-0.2, 0) is 16.4 Å². The predicted molar refractivity (Wildman–Crippen MR) is 113 cm³/mol. The van der Waals surface area contributed by atoms with Crippen LogP contribution in [0, 0.1) is 0 Å². The van der Waals surface area contributed by atoms with Gasteiger partial charge >= 0.3 is 0 Å². The lowest BCUT2D eigenvalue weighted by Gasteiger charge is -2.30. The van der Waals surface area contributed by atoms with Crippen LogP contribution in [-0.4, -0.2) is 32.2 Å². The van der Waals surface area contributed by atoms with Gasteiger partial charge in [-0.05, 0) is 61.1 Å². The summed E-state index contributed by atoms with van der Waals surface area (Å²) in [7, 11) is -4.45. The fourth-order valence-corrected chi connectivity index (χ4v) is 3.79. The van der Waals surface area contributed by atoms with E-state index < -0.39 is 44.1 Å². The van der Waals surface area contributed by atoms with E-state index in [2.05, 4.69) is 4.40 Å². The van der Waals surface area contributed by atoms with Crippen molar-refractivity contribution in [2.24, 2.45) is 4.40 Å². The minimum Gasteiger partial charge on any atom is -0.399 e. The van der Waals surface area contributed by atoms with Crippen LogP contribution in [0.3, 0.4) is 0 Å². The van der Waals surface area contributed by atoms with E-state index in [4.69, 9.17) is 22.8 Å². The zero-order valence-electron chi connectivity index (χ0n) is 18.5. The summed E-state index contributed by atoms with van der Waals surface area (Å²) in [6.45, 7) is 1.21. The highest BCUT2D eigenvalue weighted by molar-refractivity contribution is 7.90. The molecule has 1 aliphatic heterocycles. The topological polar surface area (TPSA) is 75.8 Å². The van der Waals surface area contributed by atoms with Crippen molar-refractivity contribution in [3.8, 4) is 0 Å². The van der Waals surface area contributed by atoms with E-state index in [-0.39, 0.29) is 12.4 Å². The van der Waals surface area contributed by atoms with E-state index in [0.29, 0.717) is 37.5 Å². The van der Waals surface area contributed by atoms with Gasteiger partial charge in [0.2, 0.25) is 0 Å². The van der Waals surface area contributed by atoms with Crippen molar-refractivity contribution in [3.05, 3.63) is 59.0 Å². The summed E-state index contributed by atoms with van der Waals surface area (Å²) in [5, 5.41) is -0.417. The quantitative estimate of drug-likeness (QED) is 0.720. The van der Waals surface area contributed by atoms with Crippen molar-refractivity contribution in [3.63, 3.8) is 0 Å². The predicted octanol–water partition coefficient (Wildman–Crippen LogP) is 4.16. The minimum atomic E-state index is -4.45. The van der Waals surface area contributed by atoms with Crippen molar-refractivity contribution in [2.45, 2.75) is 30.6 Å². The number of nitrogens with two attached hydrogens (primary N) is 1. The molecule has 0 amide bonds. The zero-order chi connectivity index (χ0) is 22.1. The fraction of sp³-hybridized carbons (Fsp3) is 0.316. The molecule has 0 aliphatic carbocycles. The molecular weight excluding hydrogens is 405 g/mol. The van der Waals surface area contributed by atoms with Crippen LogP contribution in [0.1, 0.15) is 30.3 Å². The lowest BCUT2D eigenvalue weighted by molar-refractivity contribution is 0.374. The Morgan fingerprint density at radius 2 is 1.81 bits per heavy atom. The Hall–Kier alpha value is -1.76. The number of anilines is 1. The van der Waals surface area contributed by atoms with Gasteiger partial charge in [0.05, 0.1) is 10.4 Å². The number of nitrogen functional groups attached to an aromatic ring is 1. The second-order valence-corrected chi connectivity index (χ2v) is 7.98. The lowest BCUT2D eigenvalue weighted by Crippen LogP contribution is -2.37. The van der Waals surface area contributed by atoms with Gasteiger partial charge in [-0.25, -0.2) is 0 Å². The molecule has 0 bridgehead atoms. The molecular formula is C19H23Cl2N3O2S. The van der Waals surface area contributed by atoms with Gasteiger partial charge in [0, 0.05) is 30.2 Å². The average molecular weight is 432 g/mol. The summed E-state index contributed by atoms with van der Waals surface area (Å²) in [6, 6.07) is 4.85. The smallest absolute Gasteiger partial charge is 0.283 e. The van der Waals surface area contributed by atoms with Crippen LogP contribution < -0.4 is 5.73 Å². The van der Waals surface area contributed by atoms with E-state index >= 15 is 0 Å². The maximum Gasteiger partial charge on any atom is 0.283 e. The molecule has 2 aromatic carbocycles. The SMILES string of the molecule is Cl.[2H]c1c([2H])c(S(=O)(=O)N=C2CCCCN2CCc2ccc(N)cc2)c([2H])c([2H])c1Cl. The molecule has 146 valence electrons. The van der Waals surface area contributed by atoms with Crippen molar-refractivity contribution < 1.29 is 13.9 Å². The minimum absolute atomic E-state index is 0. The van der Waals surface area contributed by atoms with Crippen molar-refractivity contribution in [1.29, 1.82) is 0 Å². The average Bonchev–Trinajstić information content (AvgIpc) is 2.71. The Labute approximate surface area is 177 Å². The number of nitrogens with zero attached hydrogens (tertiary/aromatic N) is 2. The van der Waals surface area contributed by atoms with Gasteiger partial charge in [0.1, 0.15) is 5.84 Å². The molecule has 1 heterocycles. The number of hydrogen-bond acceptors (Lipinski definition) is 3. The number of piperidine rings is 1. The molecule has 2 aromatic rings. The number of amidine groups is 1. The first-order valence-electron chi connectivity index (χ1n) is 10.3. The largest absolute Gasteiger partial charge is 0.399 e. The Balaban J connectivity index is 0.00000341. The summed E-state index contributed by atoms with van der Waals surface area (Å²) >= 11 is 5.77. The number of halogens is 2. The van der Waals surface area contributed by atoms with Crippen LogP contribution in [0.15, 0.2) is 57.7 Å². The third kappa shape index (κ3) is 5.86. The van der Waals surface area contributed by atoms with Gasteiger partial charge < -0.3 is 10.6 Å². The Kier molecular flexibility index (Phi) is 5.67. The van der Waals surface area contributed by atoms with Gasteiger partial charge in [-0.3, -0.25) is 0 Å². The fourth-order valence-electron chi connectivity index (χ4n) is 2.76. The standard InChI is InChI=1S/C19H22ClN3O2S.ClH/c20-16-6-10-18(11-7-16)26(24,25)22-19-3-1-2-13-23(19)14-12-15-4-8-17(21)9-5-15;/h4-11H,1-3,12-14,21H2;1H/i6D,7D,10D,11D;. The van der Waals surface area contributed by atoms with Gasteiger partial charge in [0.25, 0.3) is 10.0 Å². The highest BCUT2D eigenvalue weighted by Gasteiger charge is 2.21. The molecule has 27 heavy (non-hydrogen) atoms. The molecule has 3 rings (SSSR count). The molecule has 0 aromatic heterocycles. The van der Waals surface area contributed by atoms with Crippen molar-refractivity contribution in [2.75, 3.05) is 18.8 Å². The van der Waals surface area contributed by atoms with Gasteiger partial charge in [0.15, 0.2) is 0 Å². The van der Waals surface area contributed by atoms with Gasteiger partial charge in [-0.2, -0.15) is 8.42 Å². The third-order valence-corrected chi connectivity index (χ3v) is 5.51. The van der Waals surface area contributed by atoms with E-state index in [1.807, 2.05) is 29.2 Å². The number of sulfonamides is 1. The van der Waals surface area contributed by atoms with Crippen molar-refractivity contribution >= 4 is 45.6 Å². The van der Waals surface area contributed by atoms with E-state index in [1.54, 1.807) is 0 Å². The Morgan fingerprint density at radius 1 is 1.15 bits per heavy atom. The number of likely N-dealkylation sites (tertiary alicyclic amines) is 1. The maximum atomic E-state index is 12.9. The number of rotatable bonds is 5. The number of hydrogen-bond donors (Lipinski definition) is 1. The first-order chi connectivity index (χ1) is 14.1. The number of benzene rings is 2. The van der Waals surface area contributed by atoms with Crippen molar-refractivity contribution in [1.82, 2.24) is 4.90 Å². The van der Waals surface area contributed by atoms with Crippen LogP contribution in [0.5, 0.6) is 0 Å². The molecule has 2 N–H and O–H groups in total. The molecule has 0 saturated carbocycles. The summed E-state index contributed by atoms with van der Waals surface area (Å²) in [4.78, 5) is 1.14. The second kappa shape index (κ2) is 9.44. The van der Waals surface area contributed by atoms with Gasteiger partial charge in [-0.1, -0.05) is 23.7 Å².